The van der Waals surface area contributed by atoms with Crippen molar-refractivity contribution < 1.29 is 9.13 Å². The van der Waals surface area contributed by atoms with E-state index in [4.69, 9.17) is 4.74 Å². The highest BCUT2D eigenvalue weighted by Gasteiger charge is 2.04. The van der Waals surface area contributed by atoms with Crippen LogP contribution in [0.3, 0.4) is 0 Å². The second-order valence-electron chi connectivity index (χ2n) is 5.14. The molecule has 2 aromatic carbocycles. The van der Waals surface area contributed by atoms with E-state index >= 15 is 0 Å². The molecule has 0 aliphatic heterocycles. The lowest BCUT2D eigenvalue weighted by molar-refractivity contribution is 0.442. The molecule has 0 N–H and O–H groups in total. The third-order valence-corrected chi connectivity index (χ3v) is 3.31. The van der Waals surface area contributed by atoms with E-state index < -0.39 is 0 Å². The van der Waals surface area contributed by atoms with Gasteiger partial charge in [-0.15, -0.1) is 0 Å². The first-order valence-corrected chi connectivity index (χ1v) is 7.22. The van der Waals surface area contributed by atoms with Crippen molar-refractivity contribution in [2.75, 3.05) is 0 Å². The Kier molecular flexibility index (Phi) is 5.16. The van der Waals surface area contributed by atoms with Crippen molar-refractivity contribution in [1.29, 1.82) is 0 Å². The molecule has 0 aliphatic carbocycles. The molecule has 0 unspecified atom stereocenters. The Morgan fingerprint density at radius 1 is 1.00 bits per heavy atom. The molecule has 2 heteroatoms. The van der Waals surface area contributed by atoms with E-state index in [0.29, 0.717) is 5.75 Å². The molecule has 0 saturated heterocycles. The van der Waals surface area contributed by atoms with Crippen LogP contribution in [0, 0.1) is 12.7 Å². The zero-order valence-electron chi connectivity index (χ0n) is 12.2. The lowest BCUT2D eigenvalue weighted by atomic mass is 10.1. The van der Waals surface area contributed by atoms with Crippen LogP contribution < -0.4 is 4.74 Å². The maximum atomic E-state index is 13.7. The van der Waals surface area contributed by atoms with Crippen LogP contribution in [0.25, 0.3) is 0 Å². The Morgan fingerprint density at radius 3 is 2.40 bits per heavy atom. The average Bonchev–Trinajstić information content (AvgIpc) is 2.44. The molecule has 0 radical (unpaired) electrons. The van der Waals surface area contributed by atoms with Crippen LogP contribution in [0.1, 0.15) is 37.3 Å². The Hall–Kier alpha value is -1.83. The summed E-state index contributed by atoms with van der Waals surface area (Å²) < 4.78 is 19.3. The molecule has 106 valence electrons. The van der Waals surface area contributed by atoms with Gasteiger partial charge in [-0.05, 0) is 55.2 Å². The van der Waals surface area contributed by atoms with E-state index in [0.717, 1.165) is 12.0 Å². The largest absolute Gasteiger partial charge is 0.454 e. The van der Waals surface area contributed by atoms with Gasteiger partial charge in [0, 0.05) is 0 Å². The molecule has 0 aliphatic rings. The molecule has 0 aromatic heterocycles. The summed E-state index contributed by atoms with van der Waals surface area (Å²) in [5.41, 5.74) is 2.19. The van der Waals surface area contributed by atoms with Crippen molar-refractivity contribution in [1.82, 2.24) is 0 Å². The first kappa shape index (κ1) is 14.6. The first-order valence-electron chi connectivity index (χ1n) is 7.22. The quantitative estimate of drug-likeness (QED) is 0.616. The molecule has 0 bridgehead atoms. The fourth-order valence-electron chi connectivity index (χ4n) is 2.12. The molecular formula is C18H21FO. The van der Waals surface area contributed by atoms with Crippen molar-refractivity contribution in [3.05, 3.63) is 59.4 Å². The molecule has 0 atom stereocenters. The van der Waals surface area contributed by atoms with Crippen molar-refractivity contribution >= 4 is 0 Å². The van der Waals surface area contributed by atoms with Gasteiger partial charge < -0.3 is 4.74 Å². The number of ether oxygens (including phenoxy) is 1. The smallest absolute Gasteiger partial charge is 0.165 e. The van der Waals surface area contributed by atoms with E-state index in [1.807, 2.05) is 25.1 Å². The highest BCUT2D eigenvalue weighted by Crippen LogP contribution is 2.25. The van der Waals surface area contributed by atoms with Gasteiger partial charge in [-0.3, -0.25) is 0 Å². The van der Waals surface area contributed by atoms with Gasteiger partial charge in [-0.2, -0.15) is 0 Å². The van der Waals surface area contributed by atoms with Gasteiger partial charge in [0.2, 0.25) is 0 Å². The maximum absolute atomic E-state index is 13.7. The summed E-state index contributed by atoms with van der Waals surface area (Å²) in [5.74, 6) is 0.623. The molecule has 0 spiro atoms. The lowest BCUT2D eigenvalue weighted by Gasteiger charge is -2.08. The summed E-state index contributed by atoms with van der Waals surface area (Å²) in [7, 11) is 0. The minimum atomic E-state index is -0.322. The Morgan fingerprint density at radius 2 is 1.75 bits per heavy atom. The SMILES string of the molecule is CCCCCc1ccc(Oc2ccc(C)cc2F)cc1. The minimum Gasteiger partial charge on any atom is -0.454 e. The number of aryl methyl sites for hydroxylation is 2. The van der Waals surface area contributed by atoms with E-state index in [1.54, 1.807) is 6.07 Å². The van der Waals surface area contributed by atoms with Gasteiger partial charge in [0.15, 0.2) is 11.6 Å². The third-order valence-electron chi connectivity index (χ3n) is 3.31. The van der Waals surface area contributed by atoms with E-state index in [2.05, 4.69) is 19.1 Å². The monoisotopic (exact) mass is 272 g/mol. The van der Waals surface area contributed by atoms with Crippen LogP contribution in [0.5, 0.6) is 11.5 Å². The summed E-state index contributed by atoms with van der Waals surface area (Å²) in [6.07, 6.45) is 4.79. The number of hydrogen-bond acceptors (Lipinski definition) is 1. The molecule has 2 rings (SSSR count). The third kappa shape index (κ3) is 4.09. The fraction of sp³-hybridized carbons (Fsp3) is 0.333. The lowest BCUT2D eigenvalue weighted by Crippen LogP contribution is -1.90. The molecule has 0 saturated carbocycles. The highest BCUT2D eigenvalue weighted by atomic mass is 19.1. The normalized spacial score (nSPS) is 10.6. The number of hydrogen-bond donors (Lipinski definition) is 0. The molecule has 0 heterocycles. The van der Waals surface area contributed by atoms with Gasteiger partial charge >= 0.3 is 0 Å². The topological polar surface area (TPSA) is 9.23 Å². The second kappa shape index (κ2) is 7.09. The predicted molar refractivity (Wildman–Crippen MR) is 80.9 cm³/mol. The van der Waals surface area contributed by atoms with Crippen molar-refractivity contribution in [3.63, 3.8) is 0 Å². The van der Waals surface area contributed by atoms with Gasteiger partial charge in [0.05, 0.1) is 0 Å². The molecule has 0 fully saturated rings. The van der Waals surface area contributed by atoms with Crippen molar-refractivity contribution in [2.45, 2.75) is 39.5 Å². The standard InChI is InChI=1S/C18H21FO/c1-3-4-5-6-15-8-10-16(11-9-15)20-18-12-7-14(2)13-17(18)19/h7-13H,3-6H2,1-2H3. The predicted octanol–water partition coefficient (Wildman–Crippen LogP) is 5.66. The maximum Gasteiger partial charge on any atom is 0.165 e. The molecule has 2 aromatic rings. The fourth-order valence-corrected chi connectivity index (χ4v) is 2.12. The summed E-state index contributed by atoms with van der Waals surface area (Å²) in [6.45, 7) is 4.06. The molecule has 0 amide bonds. The summed E-state index contributed by atoms with van der Waals surface area (Å²) in [4.78, 5) is 0. The zero-order valence-corrected chi connectivity index (χ0v) is 12.2. The number of rotatable bonds is 6. The van der Waals surface area contributed by atoms with E-state index in [9.17, 15) is 4.39 Å². The van der Waals surface area contributed by atoms with Crippen LogP contribution in [0.2, 0.25) is 0 Å². The van der Waals surface area contributed by atoms with Crippen molar-refractivity contribution in [3.8, 4) is 11.5 Å². The van der Waals surface area contributed by atoms with E-state index in [-0.39, 0.29) is 11.6 Å². The summed E-state index contributed by atoms with van der Waals surface area (Å²) >= 11 is 0. The van der Waals surface area contributed by atoms with Crippen molar-refractivity contribution in [2.24, 2.45) is 0 Å². The Balaban J connectivity index is 1.99. The van der Waals surface area contributed by atoms with Crippen LogP contribution >= 0.6 is 0 Å². The van der Waals surface area contributed by atoms with Crippen LogP contribution in [-0.4, -0.2) is 0 Å². The molecule has 20 heavy (non-hydrogen) atoms. The molecule has 1 nitrogen and oxygen atoms in total. The van der Waals surface area contributed by atoms with Gasteiger partial charge in [-0.25, -0.2) is 4.39 Å². The number of halogens is 1. The van der Waals surface area contributed by atoms with Crippen LogP contribution in [0.4, 0.5) is 4.39 Å². The summed E-state index contributed by atoms with van der Waals surface area (Å²) in [6, 6.07) is 12.9. The Labute approximate surface area is 120 Å². The first-order chi connectivity index (χ1) is 9.69. The average molecular weight is 272 g/mol. The van der Waals surface area contributed by atoms with Gasteiger partial charge in [-0.1, -0.05) is 38.0 Å². The summed E-state index contributed by atoms with van der Waals surface area (Å²) in [5, 5.41) is 0. The second-order valence-corrected chi connectivity index (χ2v) is 5.14. The Bertz CT molecular complexity index is 546. The van der Waals surface area contributed by atoms with Crippen LogP contribution in [0.15, 0.2) is 42.5 Å². The van der Waals surface area contributed by atoms with Crippen LogP contribution in [-0.2, 0) is 6.42 Å². The van der Waals surface area contributed by atoms with Gasteiger partial charge in [0.1, 0.15) is 5.75 Å². The number of unbranched alkanes of at least 4 members (excludes halogenated alkanes) is 2. The minimum absolute atomic E-state index is 0.273. The van der Waals surface area contributed by atoms with Gasteiger partial charge in [0.25, 0.3) is 0 Å². The zero-order chi connectivity index (χ0) is 14.4. The number of benzene rings is 2. The molecular weight excluding hydrogens is 251 g/mol. The highest BCUT2D eigenvalue weighted by molar-refractivity contribution is 5.35. The van der Waals surface area contributed by atoms with E-state index in [1.165, 1.54) is 30.9 Å².